The van der Waals surface area contributed by atoms with Crippen molar-refractivity contribution in [1.29, 1.82) is 0 Å². The summed E-state index contributed by atoms with van der Waals surface area (Å²) < 4.78 is 4.95. The minimum atomic E-state index is -0.0349. The van der Waals surface area contributed by atoms with Gasteiger partial charge in [0.2, 0.25) is 5.91 Å². The van der Waals surface area contributed by atoms with E-state index < -0.39 is 0 Å². The van der Waals surface area contributed by atoms with Gasteiger partial charge in [-0.05, 0) is 26.8 Å². The van der Waals surface area contributed by atoms with Crippen LogP contribution in [0.15, 0.2) is 11.2 Å². The zero-order valence-electron chi connectivity index (χ0n) is 11.2. The Labute approximate surface area is 112 Å². The van der Waals surface area contributed by atoms with Gasteiger partial charge >= 0.3 is 0 Å². The third-order valence-electron chi connectivity index (χ3n) is 2.12. The van der Waals surface area contributed by atoms with Crippen molar-refractivity contribution in [3.05, 3.63) is 17.5 Å². The number of carbonyl (C=O) groups excluding carboxylic acids is 1. The fourth-order valence-corrected chi connectivity index (χ4v) is 2.26. The fraction of sp³-hybridized carbons (Fsp3) is 0.583. The third kappa shape index (κ3) is 5.46. The van der Waals surface area contributed by atoms with Crippen molar-refractivity contribution < 1.29 is 9.53 Å². The van der Waals surface area contributed by atoms with E-state index in [-0.39, 0.29) is 11.9 Å². The van der Waals surface area contributed by atoms with Crippen molar-refractivity contribution >= 4 is 17.7 Å². The van der Waals surface area contributed by atoms with Crippen LogP contribution in [0.4, 0.5) is 0 Å². The van der Waals surface area contributed by atoms with Crippen LogP contribution in [0.5, 0.6) is 0 Å². The van der Waals surface area contributed by atoms with Gasteiger partial charge in [-0.2, -0.15) is 0 Å². The van der Waals surface area contributed by atoms with Crippen LogP contribution < -0.4 is 5.32 Å². The Morgan fingerprint density at radius 1 is 1.44 bits per heavy atom. The number of hydrogen-bond acceptors (Lipinski definition) is 5. The smallest absolute Gasteiger partial charge is 0.230 e. The summed E-state index contributed by atoms with van der Waals surface area (Å²) in [5.41, 5.74) is 1.83. The Balaban J connectivity index is 2.42. The van der Waals surface area contributed by atoms with E-state index in [2.05, 4.69) is 15.3 Å². The van der Waals surface area contributed by atoms with Crippen LogP contribution in [0.2, 0.25) is 0 Å². The number of methoxy groups -OCH3 is 1. The number of amides is 1. The molecule has 0 aromatic carbocycles. The summed E-state index contributed by atoms with van der Waals surface area (Å²) in [4.78, 5) is 20.2. The number of rotatable bonds is 6. The van der Waals surface area contributed by atoms with Gasteiger partial charge in [-0.15, -0.1) is 0 Å². The first-order valence-corrected chi connectivity index (χ1v) is 6.73. The maximum atomic E-state index is 11.6. The number of hydrogen-bond donors (Lipinski definition) is 1. The predicted octanol–water partition coefficient (Wildman–Crippen LogP) is 1.34. The number of aryl methyl sites for hydroxylation is 2. The van der Waals surface area contributed by atoms with Gasteiger partial charge in [0.1, 0.15) is 0 Å². The summed E-state index contributed by atoms with van der Waals surface area (Å²) in [5, 5.41) is 3.48. The molecule has 1 aromatic rings. The first-order chi connectivity index (χ1) is 8.51. The monoisotopic (exact) mass is 269 g/mol. The zero-order chi connectivity index (χ0) is 13.5. The number of ether oxygens (including phenoxy) is 1. The Morgan fingerprint density at radius 3 is 2.61 bits per heavy atom. The van der Waals surface area contributed by atoms with Crippen molar-refractivity contribution in [1.82, 2.24) is 15.3 Å². The summed E-state index contributed by atoms with van der Waals surface area (Å²) in [5.74, 6) is 0.282. The quantitative estimate of drug-likeness (QED) is 0.623. The molecule has 0 bridgehead atoms. The highest BCUT2D eigenvalue weighted by atomic mass is 32.2. The van der Waals surface area contributed by atoms with E-state index in [1.165, 1.54) is 11.8 Å². The van der Waals surface area contributed by atoms with Crippen LogP contribution >= 0.6 is 11.8 Å². The van der Waals surface area contributed by atoms with E-state index in [1.807, 2.05) is 26.8 Å². The summed E-state index contributed by atoms with van der Waals surface area (Å²) in [6, 6.07) is 1.92. The van der Waals surface area contributed by atoms with Gasteiger partial charge in [-0.3, -0.25) is 4.79 Å². The summed E-state index contributed by atoms with van der Waals surface area (Å²) in [7, 11) is 1.61. The number of thioether (sulfide) groups is 1. The molecule has 0 aliphatic carbocycles. The molecule has 1 amide bonds. The molecule has 0 aliphatic rings. The van der Waals surface area contributed by atoms with E-state index in [1.54, 1.807) is 7.11 Å². The molecule has 0 radical (unpaired) electrons. The zero-order valence-corrected chi connectivity index (χ0v) is 12.0. The van der Waals surface area contributed by atoms with Gasteiger partial charge in [0.05, 0.1) is 12.4 Å². The van der Waals surface area contributed by atoms with Gasteiger partial charge < -0.3 is 10.1 Å². The molecular formula is C12H19N3O2S. The Hall–Kier alpha value is -1.14. The van der Waals surface area contributed by atoms with Crippen LogP contribution in [-0.2, 0) is 9.53 Å². The largest absolute Gasteiger partial charge is 0.383 e. The topological polar surface area (TPSA) is 64.1 Å². The maximum absolute atomic E-state index is 11.6. The molecule has 0 saturated heterocycles. The molecule has 6 heteroatoms. The van der Waals surface area contributed by atoms with Crippen LogP contribution in [0, 0.1) is 13.8 Å². The predicted molar refractivity (Wildman–Crippen MR) is 71.7 cm³/mol. The van der Waals surface area contributed by atoms with E-state index in [0.29, 0.717) is 17.5 Å². The summed E-state index contributed by atoms with van der Waals surface area (Å²) >= 11 is 1.34. The van der Waals surface area contributed by atoms with Crippen molar-refractivity contribution in [2.24, 2.45) is 0 Å². The average molecular weight is 269 g/mol. The molecule has 5 nitrogen and oxygen atoms in total. The lowest BCUT2D eigenvalue weighted by molar-refractivity contribution is -0.119. The first kappa shape index (κ1) is 14.9. The lowest BCUT2D eigenvalue weighted by atomic mass is 10.3. The Morgan fingerprint density at radius 2 is 2.06 bits per heavy atom. The van der Waals surface area contributed by atoms with Gasteiger partial charge in [0, 0.05) is 24.5 Å². The highest BCUT2D eigenvalue weighted by molar-refractivity contribution is 7.99. The Kier molecular flexibility index (Phi) is 6.07. The molecule has 1 heterocycles. The van der Waals surface area contributed by atoms with Crippen molar-refractivity contribution in [2.45, 2.75) is 32.0 Å². The highest BCUT2D eigenvalue weighted by Crippen LogP contribution is 2.13. The van der Waals surface area contributed by atoms with Crippen molar-refractivity contribution in [2.75, 3.05) is 19.5 Å². The third-order valence-corrected chi connectivity index (χ3v) is 2.97. The van der Waals surface area contributed by atoms with Crippen molar-refractivity contribution in [3.8, 4) is 0 Å². The van der Waals surface area contributed by atoms with E-state index in [9.17, 15) is 4.79 Å². The number of nitrogens with one attached hydrogen (secondary N) is 1. The van der Waals surface area contributed by atoms with Crippen LogP contribution in [-0.4, -0.2) is 41.4 Å². The molecule has 1 N–H and O–H groups in total. The molecule has 1 atom stereocenters. The lowest BCUT2D eigenvalue weighted by Crippen LogP contribution is -2.36. The lowest BCUT2D eigenvalue weighted by Gasteiger charge is -2.12. The molecule has 1 aromatic heterocycles. The Bertz CT molecular complexity index is 392. The SMILES string of the molecule is COCC(C)NC(=O)CSc1nc(C)cc(C)n1. The summed E-state index contributed by atoms with van der Waals surface area (Å²) in [6.07, 6.45) is 0. The van der Waals surface area contributed by atoms with Crippen LogP contribution in [0.25, 0.3) is 0 Å². The summed E-state index contributed by atoms with van der Waals surface area (Å²) in [6.45, 7) is 6.24. The average Bonchev–Trinajstić information content (AvgIpc) is 2.25. The van der Waals surface area contributed by atoms with Gasteiger partial charge in [0.15, 0.2) is 5.16 Å². The second-order valence-electron chi connectivity index (χ2n) is 4.15. The molecule has 1 rings (SSSR count). The van der Waals surface area contributed by atoms with E-state index >= 15 is 0 Å². The fourth-order valence-electron chi connectivity index (χ4n) is 1.50. The second-order valence-corrected chi connectivity index (χ2v) is 5.09. The molecular weight excluding hydrogens is 250 g/mol. The van der Waals surface area contributed by atoms with E-state index in [0.717, 1.165) is 11.4 Å². The number of nitrogens with zero attached hydrogens (tertiary/aromatic N) is 2. The second kappa shape index (κ2) is 7.33. The first-order valence-electron chi connectivity index (χ1n) is 5.74. The molecule has 100 valence electrons. The number of carbonyl (C=O) groups is 1. The molecule has 0 fully saturated rings. The number of aromatic nitrogens is 2. The van der Waals surface area contributed by atoms with Crippen LogP contribution in [0.1, 0.15) is 18.3 Å². The molecule has 0 saturated carbocycles. The molecule has 18 heavy (non-hydrogen) atoms. The van der Waals surface area contributed by atoms with Crippen LogP contribution in [0.3, 0.4) is 0 Å². The maximum Gasteiger partial charge on any atom is 0.230 e. The standard InChI is InChI=1S/C12H19N3O2S/c1-8-5-9(2)15-12(14-8)18-7-11(16)13-10(3)6-17-4/h5,10H,6-7H2,1-4H3,(H,13,16). The van der Waals surface area contributed by atoms with Crippen molar-refractivity contribution in [3.63, 3.8) is 0 Å². The van der Waals surface area contributed by atoms with E-state index in [4.69, 9.17) is 4.74 Å². The highest BCUT2D eigenvalue weighted by Gasteiger charge is 2.09. The van der Waals surface area contributed by atoms with Gasteiger partial charge in [0.25, 0.3) is 0 Å². The molecule has 1 unspecified atom stereocenters. The van der Waals surface area contributed by atoms with Gasteiger partial charge in [-0.25, -0.2) is 9.97 Å². The molecule has 0 spiro atoms. The van der Waals surface area contributed by atoms with Gasteiger partial charge in [-0.1, -0.05) is 11.8 Å². The molecule has 0 aliphatic heterocycles. The minimum absolute atomic E-state index is 0.0169. The minimum Gasteiger partial charge on any atom is -0.383 e. The normalized spacial score (nSPS) is 12.2.